The van der Waals surface area contributed by atoms with Crippen LogP contribution in [0.4, 0.5) is 0 Å². The third-order valence-corrected chi connectivity index (χ3v) is 3.16. The van der Waals surface area contributed by atoms with E-state index in [1.807, 2.05) is 0 Å². The molecule has 1 saturated heterocycles. The molecule has 94 valence electrons. The normalized spacial score (nSPS) is 30.4. The summed E-state index contributed by atoms with van der Waals surface area (Å²) in [4.78, 5) is 16.0. The minimum Gasteiger partial charge on any atom is -0.383 e. The Hall–Kier alpha value is -1.36. The van der Waals surface area contributed by atoms with Gasteiger partial charge in [-0.05, 0) is 25.2 Å². The van der Waals surface area contributed by atoms with E-state index in [1.165, 1.54) is 0 Å². The van der Waals surface area contributed by atoms with Crippen molar-refractivity contribution in [1.82, 2.24) is 10.6 Å². The number of allylic oxidation sites excluding steroid dienone is 2. The van der Waals surface area contributed by atoms with Crippen molar-refractivity contribution < 1.29 is 9.53 Å². The van der Waals surface area contributed by atoms with Crippen molar-refractivity contribution in [3.05, 3.63) is 12.2 Å². The maximum absolute atomic E-state index is 11.8. The summed E-state index contributed by atoms with van der Waals surface area (Å²) in [5, 5.41) is 5.95. The predicted octanol–water partition coefficient (Wildman–Crippen LogP) is 0.433. The predicted molar refractivity (Wildman–Crippen MR) is 65.7 cm³/mol. The number of nitrogens with zero attached hydrogens (tertiary/aromatic N) is 1. The molecule has 1 aliphatic carbocycles. The van der Waals surface area contributed by atoms with E-state index >= 15 is 0 Å². The van der Waals surface area contributed by atoms with Crippen LogP contribution in [0.5, 0.6) is 0 Å². The van der Waals surface area contributed by atoms with Crippen LogP contribution in [0, 0.1) is 5.92 Å². The van der Waals surface area contributed by atoms with Crippen LogP contribution in [0.1, 0.15) is 19.3 Å². The molecule has 5 heteroatoms. The molecule has 0 saturated carbocycles. The monoisotopic (exact) mass is 237 g/mol. The maximum atomic E-state index is 11.8. The van der Waals surface area contributed by atoms with Crippen LogP contribution in [0.2, 0.25) is 0 Å². The Balaban J connectivity index is 1.90. The molecule has 0 aromatic heterocycles. The molecule has 5 nitrogen and oxygen atoms in total. The molecule has 1 amide bonds. The number of carbonyl (C=O) groups excluding carboxylic acids is 1. The molecule has 2 aliphatic rings. The van der Waals surface area contributed by atoms with Crippen molar-refractivity contribution in [2.24, 2.45) is 10.9 Å². The number of amides is 1. The molecule has 17 heavy (non-hydrogen) atoms. The second kappa shape index (κ2) is 5.82. The fourth-order valence-electron chi connectivity index (χ4n) is 2.23. The molecule has 1 aliphatic heterocycles. The van der Waals surface area contributed by atoms with E-state index in [0.717, 1.165) is 19.3 Å². The lowest BCUT2D eigenvalue weighted by Gasteiger charge is -2.22. The number of rotatable bonds is 4. The number of guanidine groups is 1. The zero-order chi connectivity index (χ0) is 12.1. The van der Waals surface area contributed by atoms with E-state index in [1.54, 1.807) is 7.11 Å². The van der Waals surface area contributed by atoms with Gasteiger partial charge in [0.25, 0.3) is 0 Å². The summed E-state index contributed by atoms with van der Waals surface area (Å²) in [5.41, 5.74) is 0. The molecule has 2 unspecified atom stereocenters. The quantitative estimate of drug-likeness (QED) is 0.550. The number of carbonyl (C=O) groups is 1. The number of aliphatic imine (C=N–C) groups is 1. The van der Waals surface area contributed by atoms with Gasteiger partial charge >= 0.3 is 0 Å². The largest absolute Gasteiger partial charge is 0.383 e. The van der Waals surface area contributed by atoms with Gasteiger partial charge in [-0.2, -0.15) is 0 Å². The van der Waals surface area contributed by atoms with Crippen molar-refractivity contribution in [2.75, 3.05) is 20.3 Å². The minimum absolute atomic E-state index is 0.0430. The molecule has 0 bridgehead atoms. The molecule has 1 fully saturated rings. The van der Waals surface area contributed by atoms with Crippen LogP contribution in [-0.2, 0) is 9.53 Å². The van der Waals surface area contributed by atoms with Crippen LogP contribution in [0.3, 0.4) is 0 Å². The highest BCUT2D eigenvalue weighted by Crippen LogP contribution is 2.23. The van der Waals surface area contributed by atoms with E-state index in [-0.39, 0.29) is 11.9 Å². The van der Waals surface area contributed by atoms with Crippen molar-refractivity contribution >= 4 is 11.9 Å². The number of nitrogens with one attached hydrogen (secondary N) is 2. The number of ether oxygens (including phenoxy) is 1. The molecule has 2 atom stereocenters. The molecule has 2 rings (SSSR count). The van der Waals surface area contributed by atoms with Gasteiger partial charge in [-0.3, -0.25) is 15.1 Å². The van der Waals surface area contributed by atoms with Gasteiger partial charge in [0, 0.05) is 7.11 Å². The van der Waals surface area contributed by atoms with Gasteiger partial charge in [0.15, 0.2) is 5.96 Å². The number of methoxy groups -OCH3 is 1. The zero-order valence-corrected chi connectivity index (χ0v) is 10.1. The third kappa shape index (κ3) is 3.06. The fraction of sp³-hybridized carbons (Fsp3) is 0.667. The van der Waals surface area contributed by atoms with Gasteiger partial charge < -0.3 is 10.1 Å². The summed E-state index contributed by atoms with van der Waals surface area (Å²) in [6.45, 7) is 1.13. The third-order valence-electron chi connectivity index (χ3n) is 3.16. The first-order valence-electron chi connectivity index (χ1n) is 6.07. The lowest BCUT2D eigenvalue weighted by molar-refractivity contribution is -0.121. The highest BCUT2D eigenvalue weighted by Gasteiger charge is 2.34. The van der Waals surface area contributed by atoms with Crippen LogP contribution in [0.15, 0.2) is 17.1 Å². The average Bonchev–Trinajstić information content (AvgIpc) is 2.72. The van der Waals surface area contributed by atoms with Crippen LogP contribution >= 0.6 is 0 Å². The van der Waals surface area contributed by atoms with Gasteiger partial charge in [-0.25, -0.2) is 0 Å². The van der Waals surface area contributed by atoms with E-state index in [0.29, 0.717) is 25.0 Å². The van der Waals surface area contributed by atoms with E-state index in [4.69, 9.17) is 4.74 Å². The van der Waals surface area contributed by atoms with E-state index < -0.39 is 0 Å². The fourth-order valence-corrected chi connectivity index (χ4v) is 2.23. The second-order valence-electron chi connectivity index (χ2n) is 4.38. The summed E-state index contributed by atoms with van der Waals surface area (Å²) >= 11 is 0. The highest BCUT2D eigenvalue weighted by molar-refractivity contribution is 6.06. The first-order chi connectivity index (χ1) is 8.31. The first-order valence-corrected chi connectivity index (χ1v) is 6.07. The number of hydrogen-bond acceptors (Lipinski definition) is 3. The molecular formula is C12H19N3O2. The van der Waals surface area contributed by atoms with Gasteiger partial charge in [0.1, 0.15) is 6.04 Å². The Labute approximate surface area is 101 Å². The molecule has 0 spiro atoms. The molecular weight excluding hydrogens is 218 g/mol. The molecule has 0 aromatic carbocycles. The van der Waals surface area contributed by atoms with Crippen molar-refractivity contribution in [3.8, 4) is 0 Å². The maximum Gasteiger partial charge on any atom is 0.249 e. The summed E-state index contributed by atoms with van der Waals surface area (Å²) in [5.74, 6) is 1.02. The van der Waals surface area contributed by atoms with Gasteiger partial charge in [-0.1, -0.05) is 12.2 Å². The smallest absolute Gasteiger partial charge is 0.249 e. The van der Waals surface area contributed by atoms with Crippen molar-refractivity contribution in [1.29, 1.82) is 0 Å². The Kier molecular flexibility index (Phi) is 4.14. The Morgan fingerprint density at radius 3 is 3.12 bits per heavy atom. The second-order valence-corrected chi connectivity index (χ2v) is 4.38. The van der Waals surface area contributed by atoms with Gasteiger partial charge in [0.05, 0.1) is 13.2 Å². The van der Waals surface area contributed by atoms with Gasteiger partial charge in [0.2, 0.25) is 5.91 Å². The highest BCUT2D eigenvalue weighted by atomic mass is 16.5. The topological polar surface area (TPSA) is 62.7 Å². The van der Waals surface area contributed by atoms with Crippen molar-refractivity contribution in [3.63, 3.8) is 0 Å². The molecule has 1 heterocycles. The summed E-state index contributed by atoms with van der Waals surface area (Å²) in [6, 6.07) is -0.124. The molecule has 2 N–H and O–H groups in total. The first kappa shape index (κ1) is 12.1. The van der Waals surface area contributed by atoms with Gasteiger partial charge in [-0.15, -0.1) is 0 Å². The Morgan fingerprint density at radius 2 is 2.41 bits per heavy atom. The van der Waals surface area contributed by atoms with Crippen molar-refractivity contribution in [2.45, 2.75) is 25.3 Å². The summed E-state index contributed by atoms with van der Waals surface area (Å²) in [7, 11) is 1.64. The Bertz CT molecular complexity index is 339. The standard InChI is InChI=1S/C12H19N3O2/c1-17-8-7-13-12-14-10(11(16)15-12)9-5-3-2-4-6-9/h2-3,9-10H,4-8H2,1H3,(H2,13,14,15,16). The average molecular weight is 237 g/mol. The van der Waals surface area contributed by atoms with Crippen LogP contribution < -0.4 is 10.6 Å². The lowest BCUT2D eigenvalue weighted by atomic mass is 9.88. The summed E-state index contributed by atoms with van der Waals surface area (Å²) in [6.07, 6.45) is 7.43. The number of hydrogen-bond donors (Lipinski definition) is 2. The molecule has 0 radical (unpaired) electrons. The lowest BCUT2D eigenvalue weighted by Crippen LogP contribution is -2.37. The minimum atomic E-state index is -0.124. The SMILES string of the molecule is COCCN=C1NC(=O)C(C2CC=CCC2)N1. The molecule has 0 aromatic rings. The van der Waals surface area contributed by atoms with E-state index in [2.05, 4.69) is 27.8 Å². The zero-order valence-electron chi connectivity index (χ0n) is 10.1. The Morgan fingerprint density at radius 1 is 1.53 bits per heavy atom. The van der Waals surface area contributed by atoms with Crippen LogP contribution in [0.25, 0.3) is 0 Å². The van der Waals surface area contributed by atoms with E-state index in [9.17, 15) is 4.79 Å². The summed E-state index contributed by atoms with van der Waals surface area (Å²) < 4.78 is 4.91. The van der Waals surface area contributed by atoms with Crippen LogP contribution in [-0.4, -0.2) is 38.2 Å².